The van der Waals surface area contributed by atoms with Gasteiger partial charge in [-0.05, 0) is 64.6 Å². The van der Waals surface area contributed by atoms with Gasteiger partial charge in [-0.15, -0.1) is 65.2 Å². The predicted molar refractivity (Wildman–Crippen MR) is 172 cm³/mol. The summed E-state index contributed by atoms with van der Waals surface area (Å²) in [6.07, 6.45) is 2.92. The largest absolute Gasteiger partial charge is 0.305 e. The van der Waals surface area contributed by atoms with E-state index in [0.717, 1.165) is 23.0 Å². The van der Waals surface area contributed by atoms with E-state index in [1.165, 1.54) is 28.3 Å². The van der Waals surface area contributed by atoms with Gasteiger partial charge in [-0.3, -0.25) is 0 Å². The van der Waals surface area contributed by atoms with Crippen LogP contribution < -0.4 is 0 Å². The molecule has 217 valence electrons. The Hall–Kier alpha value is -3.39. The van der Waals surface area contributed by atoms with E-state index in [4.69, 9.17) is 9.60 Å². The van der Waals surface area contributed by atoms with E-state index < -0.39 is 19.6 Å². The van der Waals surface area contributed by atoms with Crippen LogP contribution in [-0.4, -0.2) is 9.97 Å². The summed E-state index contributed by atoms with van der Waals surface area (Å²) in [5.74, 6) is -0.648. The maximum Gasteiger partial charge on any atom is 0.0346 e. The van der Waals surface area contributed by atoms with Crippen LogP contribution in [0.1, 0.15) is 84.8 Å². The van der Waals surface area contributed by atoms with Crippen molar-refractivity contribution in [3.05, 3.63) is 131 Å². The number of benzene rings is 3. The van der Waals surface area contributed by atoms with Crippen LogP contribution in [0.15, 0.2) is 91.3 Å². The Morgan fingerprint density at radius 2 is 1.45 bits per heavy atom. The first-order valence-corrected chi connectivity index (χ1v) is 13.8. The van der Waals surface area contributed by atoms with Gasteiger partial charge in [0.1, 0.15) is 0 Å². The Kier molecular flexibility index (Phi) is 6.86. The number of rotatable bonds is 3. The summed E-state index contributed by atoms with van der Waals surface area (Å²) in [6, 6.07) is 31.8. The first-order chi connectivity index (χ1) is 22.2. The van der Waals surface area contributed by atoms with Crippen LogP contribution in [0.4, 0.5) is 0 Å². The molecule has 2 aromatic heterocycles. The second kappa shape index (κ2) is 12.5. The Morgan fingerprint density at radius 1 is 0.738 bits per heavy atom. The van der Waals surface area contributed by atoms with Crippen LogP contribution in [0.2, 0.25) is 0 Å². The minimum Gasteiger partial charge on any atom is -0.305 e. The molecular weight excluding hydrogens is 689 g/mol. The maximum absolute atomic E-state index is 8.34. The van der Waals surface area contributed by atoms with Crippen LogP contribution in [0.25, 0.3) is 33.6 Å². The standard InChI is InChI=1S/C26H28N.C13H12N.Ir/c1-17(2)18-13-14-27-24(16-18)19-11-12-23-21(15-19)20-9-7-8-10-22(20)25(3,4)26(23,5)6;1-10-8-13(14-9-11(10)2)12-6-4-3-5-7-12;/h7-10,12-17H,1-6H3;3-6,8-9H,1-2H3;/q2*-1;/i17D;1D3,2D3;. The Balaban J connectivity index is 0.000000229. The van der Waals surface area contributed by atoms with E-state index in [9.17, 15) is 0 Å². The third-order valence-corrected chi connectivity index (χ3v) is 8.58. The molecular formula is C39H40IrN2-2. The first kappa shape index (κ1) is 23.1. The van der Waals surface area contributed by atoms with Crippen LogP contribution in [-0.2, 0) is 30.9 Å². The molecule has 0 N–H and O–H groups in total. The van der Waals surface area contributed by atoms with Crippen LogP contribution in [0.5, 0.6) is 0 Å². The molecule has 1 radical (unpaired) electrons. The molecule has 2 nitrogen and oxygen atoms in total. The molecule has 2 heterocycles. The summed E-state index contributed by atoms with van der Waals surface area (Å²) < 4.78 is 53.0. The van der Waals surface area contributed by atoms with E-state index in [-0.39, 0.29) is 42.1 Å². The summed E-state index contributed by atoms with van der Waals surface area (Å²) >= 11 is 0. The minimum atomic E-state index is -2.50. The molecule has 0 aliphatic heterocycles. The van der Waals surface area contributed by atoms with Crippen molar-refractivity contribution in [2.45, 2.75) is 72.0 Å². The van der Waals surface area contributed by atoms with Gasteiger partial charge in [0.05, 0.1) is 0 Å². The van der Waals surface area contributed by atoms with Crippen molar-refractivity contribution in [2.24, 2.45) is 0 Å². The van der Waals surface area contributed by atoms with Gasteiger partial charge in [-0.2, -0.15) is 0 Å². The van der Waals surface area contributed by atoms with Crippen LogP contribution in [0, 0.1) is 25.8 Å². The fraction of sp³-hybridized carbons (Fsp3) is 0.282. The molecule has 3 aromatic carbocycles. The molecule has 0 fully saturated rings. The topological polar surface area (TPSA) is 25.8 Å². The SMILES string of the molecule is [2H]C(C)(C)c1ccnc(-c2[c-]cc3c(c2)-c2ccccc2C(C)(C)C3(C)C)c1.[2H]C([2H])([2H])c1cnc(-c2[c-]cccc2)cc1C([2H])([2H])[2H].[Ir]. The van der Waals surface area contributed by atoms with Gasteiger partial charge in [-0.1, -0.05) is 94.6 Å². The average molecular weight is 736 g/mol. The summed E-state index contributed by atoms with van der Waals surface area (Å²) in [4.78, 5) is 8.63. The normalized spacial score (nSPS) is 17.4. The zero-order valence-corrected chi connectivity index (χ0v) is 27.3. The average Bonchev–Trinajstić information content (AvgIpc) is 3.03. The van der Waals surface area contributed by atoms with Gasteiger partial charge in [0.25, 0.3) is 0 Å². The van der Waals surface area contributed by atoms with Crippen molar-refractivity contribution >= 4 is 0 Å². The Bertz CT molecular complexity index is 1940. The predicted octanol–water partition coefficient (Wildman–Crippen LogP) is 10.1. The zero-order valence-electron chi connectivity index (χ0n) is 31.9. The summed E-state index contributed by atoms with van der Waals surface area (Å²) in [6.45, 7) is 8.14. The fourth-order valence-electron chi connectivity index (χ4n) is 5.36. The summed E-state index contributed by atoms with van der Waals surface area (Å²) in [7, 11) is 0. The van der Waals surface area contributed by atoms with E-state index in [0.29, 0.717) is 11.3 Å². The second-order valence-corrected chi connectivity index (χ2v) is 11.8. The van der Waals surface area contributed by atoms with Gasteiger partial charge in [0, 0.05) is 42.1 Å². The molecule has 42 heavy (non-hydrogen) atoms. The fourth-order valence-corrected chi connectivity index (χ4v) is 5.36. The quantitative estimate of drug-likeness (QED) is 0.173. The molecule has 0 bridgehead atoms. The van der Waals surface area contributed by atoms with Crippen molar-refractivity contribution in [3.8, 4) is 33.6 Å². The number of aromatic nitrogens is 2. The molecule has 0 saturated heterocycles. The monoisotopic (exact) mass is 736 g/mol. The van der Waals surface area contributed by atoms with Gasteiger partial charge >= 0.3 is 0 Å². The summed E-state index contributed by atoms with van der Waals surface area (Å²) in [5, 5.41) is 0. The van der Waals surface area contributed by atoms with Crippen molar-refractivity contribution < 1.29 is 29.7 Å². The first-order valence-electron chi connectivity index (χ1n) is 17.3. The smallest absolute Gasteiger partial charge is 0.0346 e. The molecule has 0 saturated carbocycles. The molecule has 0 amide bonds. The van der Waals surface area contributed by atoms with E-state index in [1.807, 2.05) is 26.0 Å². The maximum atomic E-state index is 8.34. The number of hydrogen-bond donors (Lipinski definition) is 0. The summed E-state index contributed by atoms with van der Waals surface area (Å²) in [5.41, 5.74) is 8.71. The van der Waals surface area contributed by atoms with Gasteiger partial charge in [0.15, 0.2) is 0 Å². The second-order valence-electron chi connectivity index (χ2n) is 11.8. The number of aryl methyl sites for hydroxylation is 2. The molecule has 1 aliphatic carbocycles. The Morgan fingerprint density at radius 3 is 2.17 bits per heavy atom. The van der Waals surface area contributed by atoms with Crippen LogP contribution >= 0.6 is 0 Å². The van der Waals surface area contributed by atoms with Crippen molar-refractivity contribution in [1.29, 1.82) is 0 Å². The number of fused-ring (bicyclic) bond motifs is 3. The third-order valence-electron chi connectivity index (χ3n) is 8.58. The number of hydrogen-bond acceptors (Lipinski definition) is 2. The van der Waals surface area contributed by atoms with E-state index in [2.05, 4.69) is 86.2 Å². The van der Waals surface area contributed by atoms with E-state index in [1.54, 1.807) is 30.5 Å². The molecule has 1 aliphatic rings. The van der Waals surface area contributed by atoms with Gasteiger partial charge in [-0.25, -0.2) is 0 Å². The number of nitrogens with zero attached hydrogens (tertiary/aromatic N) is 2. The van der Waals surface area contributed by atoms with Gasteiger partial charge < -0.3 is 9.97 Å². The minimum absolute atomic E-state index is 0. The molecule has 0 unspecified atom stereocenters. The zero-order chi connectivity index (χ0) is 35.3. The third kappa shape index (κ3) is 5.91. The Labute approximate surface area is 275 Å². The van der Waals surface area contributed by atoms with Crippen molar-refractivity contribution in [1.82, 2.24) is 9.97 Å². The van der Waals surface area contributed by atoms with Gasteiger partial charge in [0.2, 0.25) is 0 Å². The molecule has 0 atom stereocenters. The van der Waals surface area contributed by atoms with Crippen molar-refractivity contribution in [3.63, 3.8) is 0 Å². The molecule has 0 spiro atoms. The van der Waals surface area contributed by atoms with Crippen LogP contribution in [0.3, 0.4) is 0 Å². The molecule has 5 aromatic rings. The number of pyridine rings is 2. The van der Waals surface area contributed by atoms with Crippen molar-refractivity contribution in [2.75, 3.05) is 0 Å². The molecule has 3 heteroatoms. The van der Waals surface area contributed by atoms with E-state index >= 15 is 0 Å². The molecule has 6 rings (SSSR count).